The number of hydrogen-bond acceptors (Lipinski definition) is 0. The topological polar surface area (TPSA) is 0 Å². The molecule has 0 fully saturated rings. The van der Waals surface area contributed by atoms with Gasteiger partial charge < -0.3 is 0 Å². The first kappa shape index (κ1) is 8.94. The van der Waals surface area contributed by atoms with Crippen LogP contribution in [-0.4, -0.2) is 0 Å². The number of rotatable bonds is 0. The molecule has 0 nitrogen and oxygen atoms in total. The largest absolute Gasteiger partial charge is 0.147 e. The number of benzene rings is 1. The second kappa shape index (κ2) is 3.87. The van der Waals surface area contributed by atoms with Crippen molar-refractivity contribution >= 4 is 27.0 Å². The molecule has 0 N–H and O–H groups in total. The van der Waals surface area contributed by atoms with Gasteiger partial charge in [-0.05, 0) is 17.8 Å². The molecular formula is C7H10ClP. The molecule has 0 saturated carbocycles. The highest BCUT2D eigenvalue weighted by molar-refractivity contribution is 7.27. The highest BCUT2D eigenvalue weighted by Gasteiger charge is 1.84. The highest BCUT2D eigenvalue weighted by Crippen LogP contribution is 1.96. The van der Waals surface area contributed by atoms with E-state index in [-0.39, 0.29) is 12.4 Å². The van der Waals surface area contributed by atoms with Crippen molar-refractivity contribution in [1.29, 1.82) is 0 Å². The van der Waals surface area contributed by atoms with E-state index in [1.165, 1.54) is 10.9 Å². The summed E-state index contributed by atoms with van der Waals surface area (Å²) in [5, 5.41) is 1.28. The molecule has 9 heavy (non-hydrogen) atoms. The van der Waals surface area contributed by atoms with Gasteiger partial charge in [0.1, 0.15) is 0 Å². The van der Waals surface area contributed by atoms with Crippen molar-refractivity contribution < 1.29 is 0 Å². The summed E-state index contributed by atoms with van der Waals surface area (Å²) in [6.45, 7) is 2.10. The van der Waals surface area contributed by atoms with E-state index < -0.39 is 0 Å². The second-order valence-corrected chi connectivity index (χ2v) is 2.48. The third kappa shape index (κ3) is 2.34. The molecule has 0 radical (unpaired) electrons. The third-order valence-electron chi connectivity index (χ3n) is 1.19. The fraction of sp³-hybridized carbons (Fsp3) is 0.143. The predicted molar refractivity (Wildman–Crippen MR) is 47.8 cm³/mol. The molecule has 0 heterocycles. The van der Waals surface area contributed by atoms with Gasteiger partial charge in [-0.3, -0.25) is 0 Å². The number of halogens is 1. The Hall–Kier alpha value is -0.0600. The van der Waals surface area contributed by atoms with Gasteiger partial charge in [0.15, 0.2) is 0 Å². The van der Waals surface area contributed by atoms with E-state index in [1.54, 1.807) is 0 Å². The minimum Gasteiger partial charge on any atom is -0.147 e. The summed E-state index contributed by atoms with van der Waals surface area (Å²) in [5.41, 5.74) is 1.33. The van der Waals surface area contributed by atoms with E-state index in [2.05, 4.69) is 28.3 Å². The average Bonchev–Trinajstić information content (AvgIpc) is 1.77. The van der Waals surface area contributed by atoms with Crippen molar-refractivity contribution in [2.24, 2.45) is 0 Å². The normalized spacial score (nSPS) is 8.22. The molecule has 1 aromatic carbocycles. The van der Waals surface area contributed by atoms with Crippen LogP contribution in [-0.2, 0) is 0 Å². The van der Waals surface area contributed by atoms with Crippen LogP contribution in [0.2, 0.25) is 0 Å². The Kier molecular flexibility index (Phi) is 3.84. The Morgan fingerprint density at radius 2 is 1.78 bits per heavy atom. The maximum Gasteiger partial charge on any atom is -0.0274 e. The third-order valence-corrected chi connectivity index (χ3v) is 1.84. The lowest BCUT2D eigenvalue weighted by Gasteiger charge is -1.93. The summed E-state index contributed by atoms with van der Waals surface area (Å²) < 4.78 is 0. The molecule has 2 heteroatoms. The monoisotopic (exact) mass is 160 g/mol. The van der Waals surface area contributed by atoms with Crippen LogP contribution in [0.3, 0.4) is 0 Å². The van der Waals surface area contributed by atoms with Crippen LogP contribution >= 0.6 is 21.6 Å². The Bertz CT molecular complexity index is 165. The second-order valence-electron chi connectivity index (χ2n) is 1.86. The lowest BCUT2D eigenvalue weighted by molar-refractivity contribution is 1.52. The van der Waals surface area contributed by atoms with Gasteiger partial charge in [-0.15, -0.1) is 21.6 Å². The van der Waals surface area contributed by atoms with Gasteiger partial charge in [-0.25, -0.2) is 0 Å². The molecule has 0 bridgehead atoms. The quantitative estimate of drug-likeness (QED) is 0.509. The molecule has 0 aromatic heterocycles. The van der Waals surface area contributed by atoms with Crippen molar-refractivity contribution in [1.82, 2.24) is 0 Å². The maximum atomic E-state index is 2.69. The Balaban J connectivity index is 0.000000640. The van der Waals surface area contributed by atoms with E-state index >= 15 is 0 Å². The smallest absolute Gasteiger partial charge is 0.0274 e. The summed E-state index contributed by atoms with van der Waals surface area (Å²) in [7, 11) is 2.69. The van der Waals surface area contributed by atoms with Crippen LogP contribution in [0.1, 0.15) is 5.56 Å². The van der Waals surface area contributed by atoms with Crippen molar-refractivity contribution in [2.45, 2.75) is 6.92 Å². The first-order valence-corrected chi connectivity index (χ1v) is 3.19. The Morgan fingerprint density at radius 3 is 2.11 bits per heavy atom. The maximum absolute atomic E-state index is 2.69. The van der Waals surface area contributed by atoms with Gasteiger partial charge in [-0.2, -0.15) is 0 Å². The van der Waals surface area contributed by atoms with E-state index in [0.29, 0.717) is 0 Å². The molecule has 0 spiro atoms. The fourth-order valence-electron chi connectivity index (χ4n) is 0.587. The van der Waals surface area contributed by atoms with Crippen LogP contribution in [0.25, 0.3) is 0 Å². The SMILES string of the molecule is Cc1ccccc1P.Cl. The van der Waals surface area contributed by atoms with Gasteiger partial charge in [-0.1, -0.05) is 24.3 Å². The summed E-state index contributed by atoms with van der Waals surface area (Å²) >= 11 is 0. The fourth-order valence-corrected chi connectivity index (χ4v) is 0.794. The number of hydrogen-bond donors (Lipinski definition) is 0. The minimum absolute atomic E-state index is 0. The average molecular weight is 161 g/mol. The zero-order chi connectivity index (χ0) is 5.98. The molecule has 0 saturated heterocycles. The Labute approximate surface area is 64.3 Å². The molecule has 1 atom stereocenters. The van der Waals surface area contributed by atoms with E-state index in [9.17, 15) is 0 Å². The summed E-state index contributed by atoms with van der Waals surface area (Å²) in [5.74, 6) is 0. The molecule has 1 aromatic rings. The molecule has 1 unspecified atom stereocenters. The van der Waals surface area contributed by atoms with E-state index in [4.69, 9.17) is 0 Å². The van der Waals surface area contributed by atoms with Crippen LogP contribution in [0.4, 0.5) is 0 Å². The van der Waals surface area contributed by atoms with Gasteiger partial charge >= 0.3 is 0 Å². The van der Waals surface area contributed by atoms with Crippen LogP contribution in [0.5, 0.6) is 0 Å². The van der Waals surface area contributed by atoms with Gasteiger partial charge in [0.25, 0.3) is 0 Å². The van der Waals surface area contributed by atoms with Crippen LogP contribution in [0.15, 0.2) is 24.3 Å². The van der Waals surface area contributed by atoms with E-state index in [0.717, 1.165) is 0 Å². The Morgan fingerprint density at radius 1 is 1.22 bits per heavy atom. The molecule has 0 aliphatic rings. The summed E-state index contributed by atoms with van der Waals surface area (Å²) in [6.07, 6.45) is 0. The van der Waals surface area contributed by atoms with Gasteiger partial charge in [0.2, 0.25) is 0 Å². The van der Waals surface area contributed by atoms with Gasteiger partial charge in [0, 0.05) is 0 Å². The first-order chi connectivity index (χ1) is 3.80. The lowest BCUT2D eigenvalue weighted by Crippen LogP contribution is -1.92. The molecule has 0 aliphatic heterocycles. The van der Waals surface area contributed by atoms with E-state index in [1.807, 2.05) is 12.1 Å². The van der Waals surface area contributed by atoms with Crippen LogP contribution < -0.4 is 5.30 Å². The molecule has 50 valence electrons. The molecule has 0 aliphatic carbocycles. The summed E-state index contributed by atoms with van der Waals surface area (Å²) in [6, 6.07) is 8.26. The predicted octanol–water partition coefficient (Wildman–Crippen LogP) is 1.92. The first-order valence-electron chi connectivity index (χ1n) is 2.62. The van der Waals surface area contributed by atoms with Crippen LogP contribution in [0, 0.1) is 6.92 Å². The van der Waals surface area contributed by atoms with Crippen molar-refractivity contribution in [3.63, 3.8) is 0 Å². The minimum atomic E-state index is 0. The molecule has 0 amide bonds. The van der Waals surface area contributed by atoms with Crippen molar-refractivity contribution in [3.05, 3.63) is 29.8 Å². The molecular weight excluding hydrogens is 151 g/mol. The molecule has 1 rings (SSSR count). The standard InChI is InChI=1S/C7H9P.ClH/c1-6-4-2-3-5-7(6)8;/h2-5H,8H2,1H3;1H. The lowest BCUT2D eigenvalue weighted by atomic mass is 10.2. The van der Waals surface area contributed by atoms with Crippen molar-refractivity contribution in [3.8, 4) is 0 Å². The van der Waals surface area contributed by atoms with Gasteiger partial charge in [0.05, 0.1) is 0 Å². The number of aryl methyl sites for hydroxylation is 1. The van der Waals surface area contributed by atoms with Crippen molar-refractivity contribution in [2.75, 3.05) is 0 Å². The summed E-state index contributed by atoms with van der Waals surface area (Å²) in [4.78, 5) is 0. The highest BCUT2D eigenvalue weighted by atomic mass is 35.5. The zero-order valence-corrected chi connectivity index (χ0v) is 7.27. The zero-order valence-electron chi connectivity index (χ0n) is 5.29.